The summed E-state index contributed by atoms with van der Waals surface area (Å²) in [6.45, 7) is 4.24. The number of piperidine rings is 1. The summed E-state index contributed by atoms with van der Waals surface area (Å²) >= 11 is 0. The van der Waals surface area contributed by atoms with Gasteiger partial charge in [0.1, 0.15) is 17.8 Å². The average molecular weight is 378 g/mol. The third kappa shape index (κ3) is 3.65. The summed E-state index contributed by atoms with van der Waals surface area (Å²) in [6, 6.07) is 12.2. The van der Waals surface area contributed by atoms with Crippen LogP contribution in [0.2, 0.25) is 0 Å². The van der Waals surface area contributed by atoms with E-state index < -0.39 is 0 Å². The second-order valence-electron chi connectivity index (χ2n) is 7.47. The highest BCUT2D eigenvalue weighted by Gasteiger charge is 2.32. The Bertz CT molecular complexity index is 940. The quantitative estimate of drug-likeness (QED) is 0.732. The Morgan fingerprint density at radius 2 is 2.11 bits per heavy atom. The fraction of sp³-hybridized carbons (Fsp3) is 0.381. The number of urea groups is 1. The van der Waals surface area contributed by atoms with Crippen LogP contribution in [0.5, 0.6) is 0 Å². The Hall–Kier alpha value is -3.09. The Kier molecular flexibility index (Phi) is 5.14. The second-order valence-corrected chi connectivity index (χ2v) is 7.47. The summed E-state index contributed by atoms with van der Waals surface area (Å²) in [4.78, 5) is 28.8. The van der Waals surface area contributed by atoms with E-state index in [2.05, 4.69) is 39.1 Å². The molecule has 0 saturated carbocycles. The lowest BCUT2D eigenvalue weighted by Gasteiger charge is -2.42. The van der Waals surface area contributed by atoms with Gasteiger partial charge in [0.25, 0.3) is 0 Å². The summed E-state index contributed by atoms with van der Waals surface area (Å²) in [5.74, 6) is 1.36. The van der Waals surface area contributed by atoms with Gasteiger partial charge in [0, 0.05) is 32.9 Å². The third-order valence-corrected chi connectivity index (χ3v) is 5.66. The van der Waals surface area contributed by atoms with Crippen molar-refractivity contribution < 1.29 is 4.79 Å². The number of hydrogen-bond donors (Lipinski definition) is 2. The van der Waals surface area contributed by atoms with Crippen molar-refractivity contribution in [3.63, 3.8) is 0 Å². The van der Waals surface area contributed by atoms with Crippen molar-refractivity contribution in [1.82, 2.24) is 25.2 Å². The molecule has 3 aromatic rings. The molecule has 0 bridgehead atoms. The SMILES string of the molecule is CC1CCN(C(=O)NCc2ccccc2)CC1N(C)c1ncnc2[nH]ccc12. The number of aromatic nitrogens is 3. The number of likely N-dealkylation sites (N-methyl/N-ethyl adjacent to an activating group) is 1. The molecule has 0 aliphatic carbocycles. The van der Waals surface area contributed by atoms with E-state index in [1.165, 1.54) is 0 Å². The van der Waals surface area contributed by atoms with Crippen LogP contribution < -0.4 is 10.2 Å². The van der Waals surface area contributed by atoms with E-state index in [1.807, 2.05) is 47.5 Å². The van der Waals surface area contributed by atoms with E-state index >= 15 is 0 Å². The number of likely N-dealkylation sites (tertiary alicyclic amines) is 1. The molecule has 28 heavy (non-hydrogen) atoms. The Morgan fingerprint density at radius 3 is 2.93 bits per heavy atom. The molecule has 1 saturated heterocycles. The standard InChI is InChI=1S/C21H26N6O/c1-15-9-11-27(21(28)23-12-16-6-4-3-5-7-16)13-18(15)26(2)20-17-8-10-22-19(17)24-14-25-20/h3-8,10,14-15,18H,9,11-13H2,1-2H3,(H,23,28)(H,22,24,25). The topological polar surface area (TPSA) is 77.2 Å². The first-order valence-corrected chi connectivity index (χ1v) is 9.71. The van der Waals surface area contributed by atoms with E-state index in [0.717, 1.165) is 35.4 Å². The molecule has 7 nitrogen and oxygen atoms in total. The van der Waals surface area contributed by atoms with E-state index in [0.29, 0.717) is 19.0 Å². The number of nitrogens with one attached hydrogen (secondary N) is 2. The molecule has 2 amide bonds. The molecule has 2 unspecified atom stereocenters. The molecule has 4 rings (SSSR count). The summed E-state index contributed by atoms with van der Waals surface area (Å²) in [6.07, 6.45) is 4.43. The van der Waals surface area contributed by atoms with Gasteiger partial charge in [-0.3, -0.25) is 0 Å². The van der Waals surface area contributed by atoms with E-state index in [-0.39, 0.29) is 12.1 Å². The van der Waals surface area contributed by atoms with Crippen molar-refractivity contribution in [3.05, 3.63) is 54.5 Å². The highest BCUT2D eigenvalue weighted by molar-refractivity contribution is 5.87. The predicted octanol–water partition coefficient (Wildman–Crippen LogP) is 3.01. The number of carbonyl (C=O) groups excluding carboxylic acids is 1. The van der Waals surface area contributed by atoms with Crippen molar-refractivity contribution in [2.75, 3.05) is 25.0 Å². The number of nitrogens with zero attached hydrogens (tertiary/aromatic N) is 4. The highest BCUT2D eigenvalue weighted by Crippen LogP contribution is 2.28. The van der Waals surface area contributed by atoms with Crippen LogP contribution in [0, 0.1) is 5.92 Å². The molecular weight excluding hydrogens is 352 g/mol. The maximum atomic E-state index is 12.7. The van der Waals surface area contributed by atoms with Gasteiger partial charge in [-0.2, -0.15) is 0 Å². The first-order valence-electron chi connectivity index (χ1n) is 9.71. The highest BCUT2D eigenvalue weighted by atomic mass is 16.2. The monoisotopic (exact) mass is 378 g/mol. The molecule has 0 spiro atoms. The van der Waals surface area contributed by atoms with Crippen molar-refractivity contribution >= 4 is 22.9 Å². The molecule has 3 heterocycles. The zero-order chi connectivity index (χ0) is 19.5. The van der Waals surface area contributed by atoms with E-state index in [1.54, 1.807) is 6.33 Å². The van der Waals surface area contributed by atoms with Crippen LogP contribution in [0.1, 0.15) is 18.9 Å². The van der Waals surface area contributed by atoms with Crippen molar-refractivity contribution in [3.8, 4) is 0 Å². The largest absolute Gasteiger partial charge is 0.354 e. The van der Waals surface area contributed by atoms with Gasteiger partial charge in [-0.15, -0.1) is 0 Å². The Labute approximate surface area is 164 Å². The molecule has 2 atom stereocenters. The molecule has 2 aromatic heterocycles. The van der Waals surface area contributed by atoms with Gasteiger partial charge in [-0.25, -0.2) is 14.8 Å². The van der Waals surface area contributed by atoms with Crippen molar-refractivity contribution in [2.45, 2.75) is 25.9 Å². The number of fused-ring (bicyclic) bond motifs is 1. The van der Waals surface area contributed by atoms with Crippen LogP contribution >= 0.6 is 0 Å². The van der Waals surface area contributed by atoms with Crippen LogP contribution in [-0.4, -0.2) is 52.1 Å². The number of anilines is 1. The molecule has 1 aliphatic heterocycles. The van der Waals surface area contributed by atoms with Crippen molar-refractivity contribution in [1.29, 1.82) is 0 Å². The summed E-state index contributed by atoms with van der Waals surface area (Å²) in [5, 5.41) is 4.05. The van der Waals surface area contributed by atoms with Crippen molar-refractivity contribution in [2.24, 2.45) is 5.92 Å². The molecule has 1 aliphatic rings. The minimum atomic E-state index is -0.0105. The van der Waals surface area contributed by atoms with Gasteiger partial charge in [0.05, 0.1) is 11.4 Å². The second kappa shape index (κ2) is 7.88. The van der Waals surface area contributed by atoms with Gasteiger partial charge in [0.2, 0.25) is 0 Å². The van der Waals surface area contributed by atoms with Gasteiger partial charge < -0.3 is 20.1 Å². The predicted molar refractivity (Wildman–Crippen MR) is 110 cm³/mol. The summed E-state index contributed by atoms with van der Waals surface area (Å²) in [5.41, 5.74) is 1.93. The average Bonchev–Trinajstić information content (AvgIpc) is 3.21. The van der Waals surface area contributed by atoms with Crippen LogP contribution in [0.15, 0.2) is 48.9 Å². The van der Waals surface area contributed by atoms with E-state index in [4.69, 9.17) is 0 Å². The minimum Gasteiger partial charge on any atom is -0.354 e. The lowest BCUT2D eigenvalue weighted by molar-refractivity contribution is 0.161. The molecule has 0 radical (unpaired) electrons. The smallest absolute Gasteiger partial charge is 0.317 e. The maximum absolute atomic E-state index is 12.7. The molecule has 7 heteroatoms. The number of amides is 2. The van der Waals surface area contributed by atoms with Crippen LogP contribution in [0.4, 0.5) is 10.6 Å². The van der Waals surface area contributed by atoms with Crippen LogP contribution in [0.3, 0.4) is 0 Å². The lowest BCUT2D eigenvalue weighted by Crippen LogP contribution is -2.54. The molecular formula is C21H26N6O. The van der Waals surface area contributed by atoms with Gasteiger partial charge >= 0.3 is 6.03 Å². The number of hydrogen-bond acceptors (Lipinski definition) is 4. The van der Waals surface area contributed by atoms with Crippen LogP contribution in [-0.2, 0) is 6.54 Å². The number of aromatic amines is 1. The van der Waals surface area contributed by atoms with Crippen LogP contribution in [0.25, 0.3) is 11.0 Å². The first kappa shape index (κ1) is 18.3. The zero-order valence-electron chi connectivity index (χ0n) is 16.3. The van der Waals surface area contributed by atoms with Gasteiger partial charge in [0.15, 0.2) is 0 Å². The lowest BCUT2D eigenvalue weighted by atomic mass is 9.92. The Balaban J connectivity index is 1.45. The summed E-state index contributed by atoms with van der Waals surface area (Å²) < 4.78 is 0. The molecule has 2 N–H and O–H groups in total. The normalized spacial score (nSPS) is 19.6. The number of benzene rings is 1. The number of rotatable bonds is 4. The number of carbonyl (C=O) groups is 1. The number of H-pyrrole nitrogens is 1. The zero-order valence-corrected chi connectivity index (χ0v) is 16.3. The molecule has 146 valence electrons. The third-order valence-electron chi connectivity index (χ3n) is 5.66. The van der Waals surface area contributed by atoms with Gasteiger partial charge in [-0.1, -0.05) is 37.3 Å². The fourth-order valence-corrected chi connectivity index (χ4v) is 3.92. The maximum Gasteiger partial charge on any atom is 0.317 e. The summed E-state index contributed by atoms with van der Waals surface area (Å²) in [7, 11) is 2.06. The Morgan fingerprint density at radius 1 is 1.29 bits per heavy atom. The molecule has 1 aromatic carbocycles. The fourth-order valence-electron chi connectivity index (χ4n) is 3.92. The molecule has 1 fully saturated rings. The van der Waals surface area contributed by atoms with E-state index in [9.17, 15) is 4.79 Å². The minimum absolute atomic E-state index is 0.0105. The van der Waals surface area contributed by atoms with Gasteiger partial charge in [-0.05, 0) is 24.0 Å². The first-order chi connectivity index (χ1) is 13.6.